The van der Waals surface area contributed by atoms with Gasteiger partial charge in [-0.15, -0.1) is 6.58 Å². The number of hydrogen-bond donors (Lipinski definition) is 0. The van der Waals surface area contributed by atoms with Crippen LogP contribution in [-0.2, 0) is 4.74 Å². The quantitative estimate of drug-likeness (QED) is 0.570. The first-order valence-electron chi connectivity index (χ1n) is 4.67. The second-order valence-corrected chi connectivity index (χ2v) is 5.07. The Kier molecular flexibility index (Phi) is 2.27. The van der Waals surface area contributed by atoms with E-state index in [-0.39, 0.29) is 17.1 Å². The Morgan fingerprint density at radius 2 is 2.00 bits per heavy atom. The summed E-state index contributed by atoms with van der Waals surface area (Å²) < 4.78 is 5.80. The lowest BCUT2D eigenvalue weighted by Gasteiger charge is -2.25. The predicted octanol–water partition coefficient (Wildman–Crippen LogP) is 2.79. The number of ether oxygens (including phenoxy) is 1. The van der Waals surface area contributed by atoms with Gasteiger partial charge in [0.05, 0.1) is 0 Å². The summed E-state index contributed by atoms with van der Waals surface area (Å²) in [6.07, 6.45) is 1.85. The molecule has 0 aromatic carbocycles. The fraction of sp³-hybridized carbons (Fsp3) is 0.727. The van der Waals surface area contributed by atoms with Crippen molar-refractivity contribution in [2.24, 2.45) is 10.4 Å². The van der Waals surface area contributed by atoms with Crippen LogP contribution < -0.4 is 0 Å². The van der Waals surface area contributed by atoms with E-state index in [1.54, 1.807) is 0 Å². The molecule has 1 rings (SSSR count). The molecule has 13 heavy (non-hydrogen) atoms. The van der Waals surface area contributed by atoms with Crippen LogP contribution in [0.5, 0.6) is 0 Å². The van der Waals surface area contributed by atoms with Crippen LogP contribution >= 0.6 is 0 Å². The first-order valence-corrected chi connectivity index (χ1v) is 4.67. The largest absolute Gasteiger partial charge is 0.472 e. The van der Waals surface area contributed by atoms with Crippen LogP contribution in [0.4, 0.5) is 0 Å². The van der Waals surface area contributed by atoms with Crippen molar-refractivity contribution in [3.8, 4) is 0 Å². The Balaban J connectivity index is 2.91. The van der Waals surface area contributed by atoms with Gasteiger partial charge in [-0.05, 0) is 13.8 Å². The smallest absolute Gasteiger partial charge is 0.190 e. The molecule has 0 radical (unpaired) electrons. The Morgan fingerprint density at radius 3 is 2.23 bits per heavy atom. The zero-order chi connectivity index (χ0) is 10.3. The first-order chi connectivity index (χ1) is 5.77. The number of hydrogen-bond acceptors (Lipinski definition) is 2. The van der Waals surface area contributed by atoms with Crippen molar-refractivity contribution in [2.45, 2.75) is 46.3 Å². The van der Waals surface area contributed by atoms with Gasteiger partial charge >= 0.3 is 0 Å². The molecular weight excluding hydrogens is 162 g/mol. The lowest BCUT2D eigenvalue weighted by Crippen LogP contribution is -2.33. The minimum atomic E-state index is -0.232. The third-order valence-electron chi connectivity index (χ3n) is 2.19. The third kappa shape index (κ3) is 1.93. The highest BCUT2D eigenvalue weighted by molar-refractivity contribution is 5.83. The fourth-order valence-corrected chi connectivity index (χ4v) is 1.30. The van der Waals surface area contributed by atoms with E-state index in [1.807, 2.05) is 19.9 Å². The van der Waals surface area contributed by atoms with Crippen LogP contribution in [0.1, 0.15) is 34.6 Å². The lowest BCUT2D eigenvalue weighted by molar-refractivity contribution is 0.0972. The Morgan fingerprint density at radius 1 is 1.46 bits per heavy atom. The molecule has 2 heteroatoms. The maximum atomic E-state index is 5.80. The van der Waals surface area contributed by atoms with Crippen molar-refractivity contribution >= 4 is 5.90 Å². The third-order valence-corrected chi connectivity index (χ3v) is 2.19. The summed E-state index contributed by atoms with van der Waals surface area (Å²) in [6.45, 7) is 14.2. The summed E-state index contributed by atoms with van der Waals surface area (Å²) in [6, 6.07) is 0.0849. The topological polar surface area (TPSA) is 21.6 Å². The van der Waals surface area contributed by atoms with Crippen molar-refractivity contribution in [2.75, 3.05) is 0 Å². The minimum absolute atomic E-state index is 0.00493. The van der Waals surface area contributed by atoms with Crippen molar-refractivity contribution in [3.63, 3.8) is 0 Å². The maximum absolute atomic E-state index is 5.80. The van der Waals surface area contributed by atoms with Gasteiger partial charge in [-0.2, -0.15) is 0 Å². The maximum Gasteiger partial charge on any atom is 0.190 e. The summed E-state index contributed by atoms with van der Waals surface area (Å²) in [5.74, 6) is 0.836. The molecule has 0 N–H and O–H groups in total. The number of nitrogens with zero attached hydrogens (tertiary/aromatic N) is 1. The van der Waals surface area contributed by atoms with Crippen LogP contribution in [-0.4, -0.2) is 17.5 Å². The molecule has 0 aliphatic carbocycles. The van der Waals surface area contributed by atoms with Gasteiger partial charge in [0.15, 0.2) is 5.90 Å². The normalized spacial score (nSPS) is 26.5. The summed E-state index contributed by atoms with van der Waals surface area (Å²) in [4.78, 5) is 4.51. The highest BCUT2D eigenvalue weighted by atomic mass is 16.5. The summed E-state index contributed by atoms with van der Waals surface area (Å²) in [5.41, 5.74) is -0.237. The van der Waals surface area contributed by atoms with Crippen molar-refractivity contribution < 1.29 is 4.74 Å². The van der Waals surface area contributed by atoms with E-state index in [1.165, 1.54) is 0 Å². The van der Waals surface area contributed by atoms with Crippen molar-refractivity contribution in [1.82, 2.24) is 0 Å². The zero-order valence-electron chi connectivity index (χ0n) is 9.22. The van der Waals surface area contributed by atoms with Gasteiger partial charge in [-0.3, -0.25) is 0 Å². The van der Waals surface area contributed by atoms with E-state index in [4.69, 9.17) is 4.74 Å². The molecule has 0 amide bonds. The average Bonchev–Trinajstić information content (AvgIpc) is 2.23. The first kappa shape index (κ1) is 10.3. The van der Waals surface area contributed by atoms with E-state index in [2.05, 4.69) is 32.3 Å². The van der Waals surface area contributed by atoms with E-state index >= 15 is 0 Å². The molecule has 1 heterocycles. The second kappa shape index (κ2) is 2.86. The molecule has 1 unspecified atom stereocenters. The second-order valence-electron chi connectivity index (χ2n) is 5.07. The molecule has 0 aromatic rings. The molecule has 1 aliphatic rings. The van der Waals surface area contributed by atoms with Gasteiger partial charge in [0.25, 0.3) is 0 Å². The van der Waals surface area contributed by atoms with Crippen LogP contribution in [0.2, 0.25) is 0 Å². The molecule has 0 aromatic heterocycles. The highest BCUT2D eigenvalue weighted by Gasteiger charge is 2.40. The molecular formula is C11H19NO. The van der Waals surface area contributed by atoms with Gasteiger partial charge in [0.1, 0.15) is 11.6 Å². The Bertz CT molecular complexity index is 245. The van der Waals surface area contributed by atoms with Gasteiger partial charge in [-0.25, -0.2) is 4.99 Å². The van der Waals surface area contributed by atoms with E-state index < -0.39 is 0 Å². The van der Waals surface area contributed by atoms with Gasteiger partial charge in [0.2, 0.25) is 0 Å². The summed E-state index contributed by atoms with van der Waals surface area (Å²) in [7, 11) is 0. The van der Waals surface area contributed by atoms with Crippen LogP contribution in [0.3, 0.4) is 0 Å². The summed E-state index contributed by atoms with van der Waals surface area (Å²) >= 11 is 0. The molecule has 0 bridgehead atoms. The Hall–Kier alpha value is -0.790. The molecule has 2 nitrogen and oxygen atoms in total. The fourth-order valence-electron chi connectivity index (χ4n) is 1.30. The number of rotatable bonds is 1. The highest BCUT2D eigenvalue weighted by Crippen LogP contribution is 2.32. The molecule has 0 saturated carbocycles. The van der Waals surface area contributed by atoms with Gasteiger partial charge in [-0.1, -0.05) is 26.8 Å². The van der Waals surface area contributed by atoms with Gasteiger partial charge < -0.3 is 4.74 Å². The Labute approximate surface area is 80.7 Å². The van der Waals surface area contributed by atoms with Crippen molar-refractivity contribution in [1.29, 1.82) is 0 Å². The zero-order valence-corrected chi connectivity index (χ0v) is 9.22. The molecule has 0 spiro atoms. The molecule has 1 atom stereocenters. The van der Waals surface area contributed by atoms with Crippen LogP contribution in [0, 0.1) is 5.41 Å². The predicted molar refractivity (Wildman–Crippen MR) is 56.0 cm³/mol. The van der Waals surface area contributed by atoms with Gasteiger partial charge in [0, 0.05) is 5.41 Å². The molecule has 1 aliphatic heterocycles. The molecule has 0 saturated heterocycles. The standard InChI is InChI=1S/C11H19NO/c1-7-8-11(5,6)13-9(12-8)10(2,3)4/h7-8H,1H2,2-6H3. The number of aliphatic imine (C=N–C) groups is 1. The molecule has 74 valence electrons. The van der Waals surface area contributed by atoms with E-state index in [0.717, 1.165) is 5.90 Å². The lowest BCUT2D eigenvalue weighted by atomic mass is 9.97. The average molecular weight is 181 g/mol. The van der Waals surface area contributed by atoms with Crippen LogP contribution in [0.25, 0.3) is 0 Å². The SMILES string of the molecule is C=CC1N=C(C(C)(C)C)OC1(C)C. The minimum Gasteiger partial charge on any atom is -0.472 e. The molecule has 0 fully saturated rings. The summed E-state index contributed by atoms with van der Waals surface area (Å²) in [5, 5.41) is 0. The van der Waals surface area contributed by atoms with Crippen molar-refractivity contribution in [3.05, 3.63) is 12.7 Å². The van der Waals surface area contributed by atoms with E-state index in [9.17, 15) is 0 Å². The monoisotopic (exact) mass is 181 g/mol. The van der Waals surface area contributed by atoms with Crippen LogP contribution in [0.15, 0.2) is 17.6 Å². The van der Waals surface area contributed by atoms with E-state index in [0.29, 0.717) is 0 Å².